The number of piperidine rings is 1. The van der Waals surface area contributed by atoms with Crippen LogP contribution in [0.4, 0.5) is 4.39 Å². The van der Waals surface area contributed by atoms with Crippen molar-refractivity contribution in [3.63, 3.8) is 0 Å². The highest BCUT2D eigenvalue weighted by Gasteiger charge is 2.26. The summed E-state index contributed by atoms with van der Waals surface area (Å²) in [6.07, 6.45) is 1.48. The van der Waals surface area contributed by atoms with Gasteiger partial charge in [-0.05, 0) is 85.6 Å². The van der Waals surface area contributed by atoms with Gasteiger partial charge in [0.1, 0.15) is 11.6 Å². The standard InChI is InChI=1S/C30H33FN2O4/c1-37-28-4-2-3-23(19-28)20-33(30(36)26-7-5-22(21-34)6-8-26)18-17-32-15-13-25(14-16-32)29(35)24-9-11-27(31)12-10-24/h2-12,19,25,34H,13-18,20-21H2,1H3. The fourth-order valence-electron chi connectivity index (χ4n) is 4.71. The summed E-state index contributed by atoms with van der Waals surface area (Å²) in [6.45, 7) is 3.14. The minimum Gasteiger partial charge on any atom is -0.497 e. The minimum absolute atomic E-state index is 0.0678. The van der Waals surface area contributed by atoms with Crippen LogP contribution in [0, 0.1) is 11.7 Å². The summed E-state index contributed by atoms with van der Waals surface area (Å²) in [7, 11) is 1.62. The predicted molar refractivity (Wildman–Crippen MR) is 140 cm³/mol. The lowest BCUT2D eigenvalue weighted by molar-refractivity contribution is 0.0699. The molecule has 1 heterocycles. The van der Waals surface area contributed by atoms with Crippen LogP contribution in [0.3, 0.4) is 0 Å². The first-order valence-corrected chi connectivity index (χ1v) is 12.6. The van der Waals surface area contributed by atoms with Crippen LogP contribution in [0.1, 0.15) is 44.7 Å². The van der Waals surface area contributed by atoms with Crippen molar-refractivity contribution in [3.05, 3.63) is 101 Å². The number of aliphatic hydroxyl groups is 1. The van der Waals surface area contributed by atoms with Gasteiger partial charge in [-0.1, -0.05) is 24.3 Å². The van der Waals surface area contributed by atoms with Gasteiger partial charge in [0.15, 0.2) is 5.78 Å². The van der Waals surface area contributed by atoms with Crippen LogP contribution in [-0.4, -0.2) is 59.9 Å². The Kier molecular flexibility index (Phi) is 9.04. The van der Waals surface area contributed by atoms with Gasteiger partial charge in [-0.2, -0.15) is 0 Å². The van der Waals surface area contributed by atoms with E-state index in [1.54, 1.807) is 43.5 Å². The molecule has 7 heteroatoms. The first-order chi connectivity index (χ1) is 18.0. The topological polar surface area (TPSA) is 70.1 Å². The highest BCUT2D eigenvalue weighted by atomic mass is 19.1. The lowest BCUT2D eigenvalue weighted by atomic mass is 9.89. The van der Waals surface area contributed by atoms with Gasteiger partial charge in [0, 0.05) is 36.7 Å². The fourth-order valence-corrected chi connectivity index (χ4v) is 4.71. The molecule has 6 nitrogen and oxygen atoms in total. The van der Waals surface area contributed by atoms with Gasteiger partial charge in [0.2, 0.25) is 0 Å². The number of benzene rings is 3. The van der Waals surface area contributed by atoms with Crippen molar-refractivity contribution in [2.45, 2.75) is 26.0 Å². The molecule has 0 unspecified atom stereocenters. The van der Waals surface area contributed by atoms with E-state index in [9.17, 15) is 19.1 Å². The molecule has 1 fully saturated rings. The quantitative estimate of drug-likeness (QED) is 0.410. The molecule has 1 amide bonds. The predicted octanol–water partition coefficient (Wildman–Crippen LogP) is 4.56. The number of carbonyl (C=O) groups is 2. The second kappa shape index (κ2) is 12.6. The molecule has 1 saturated heterocycles. The first-order valence-electron chi connectivity index (χ1n) is 12.6. The Morgan fingerprint density at radius 2 is 1.65 bits per heavy atom. The fraction of sp³-hybridized carbons (Fsp3) is 0.333. The molecule has 0 bridgehead atoms. The van der Waals surface area contributed by atoms with E-state index < -0.39 is 0 Å². The van der Waals surface area contributed by atoms with Crippen LogP contribution >= 0.6 is 0 Å². The number of hydrogen-bond acceptors (Lipinski definition) is 5. The van der Waals surface area contributed by atoms with Gasteiger partial charge in [-0.15, -0.1) is 0 Å². The number of aliphatic hydroxyl groups excluding tert-OH is 1. The number of methoxy groups -OCH3 is 1. The van der Waals surface area contributed by atoms with E-state index in [2.05, 4.69) is 4.90 Å². The molecule has 3 aromatic carbocycles. The third-order valence-corrected chi connectivity index (χ3v) is 6.95. The zero-order chi connectivity index (χ0) is 26.2. The Morgan fingerprint density at radius 1 is 0.973 bits per heavy atom. The Balaban J connectivity index is 1.39. The summed E-state index contributed by atoms with van der Waals surface area (Å²) in [6, 6.07) is 20.5. The maximum atomic E-state index is 13.4. The van der Waals surface area contributed by atoms with Crippen molar-refractivity contribution in [2.24, 2.45) is 5.92 Å². The van der Waals surface area contributed by atoms with Crippen LogP contribution in [0.2, 0.25) is 0 Å². The van der Waals surface area contributed by atoms with Crippen molar-refractivity contribution in [1.29, 1.82) is 0 Å². The normalized spacial score (nSPS) is 14.4. The molecule has 3 aromatic rings. The smallest absolute Gasteiger partial charge is 0.254 e. The summed E-state index contributed by atoms with van der Waals surface area (Å²) < 4.78 is 18.6. The second-order valence-electron chi connectivity index (χ2n) is 9.42. The number of likely N-dealkylation sites (tertiary alicyclic amines) is 1. The number of carbonyl (C=O) groups excluding carboxylic acids is 2. The molecule has 194 valence electrons. The van der Waals surface area contributed by atoms with Crippen LogP contribution in [0.25, 0.3) is 0 Å². The van der Waals surface area contributed by atoms with Crippen LogP contribution in [0.15, 0.2) is 72.8 Å². The largest absolute Gasteiger partial charge is 0.497 e. The number of hydrogen-bond donors (Lipinski definition) is 1. The minimum atomic E-state index is -0.344. The molecule has 0 spiro atoms. The molecule has 0 atom stereocenters. The molecule has 0 aromatic heterocycles. The molecular formula is C30H33FN2O4. The zero-order valence-corrected chi connectivity index (χ0v) is 21.1. The summed E-state index contributed by atoms with van der Waals surface area (Å²) in [5.41, 5.74) is 2.86. The molecule has 1 aliphatic rings. The van der Waals surface area contributed by atoms with E-state index in [0.717, 1.165) is 42.8 Å². The second-order valence-corrected chi connectivity index (χ2v) is 9.42. The Morgan fingerprint density at radius 3 is 2.30 bits per heavy atom. The highest BCUT2D eigenvalue weighted by Crippen LogP contribution is 2.23. The number of rotatable bonds is 10. The van der Waals surface area contributed by atoms with Gasteiger partial charge in [-0.25, -0.2) is 4.39 Å². The molecule has 37 heavy (non-hydrogen) atoms. The third kappa shape index (κ3) is 7.02. The number of Topliss-reactive ketones (excluding diaryl/α,β-unsaturated/α-hetero) is 1. The van der Waals surface area contributed by atoms with Crippen LogP contribution < -0.4 is 4.74 Å². The summed E-state index contributed by atoms with van der Waals surface area (Å²) in [5, 5.41) is 9.33. The molecule has 0 radical (unpaired) electrons. The average molecular weight is 505 g/mol. The van der Waals surface area contributed by atoms with E-state index in [-0.39, 0.29) is 30.0 Å². The molecule has 0 saturated carbocycles. The van der Waals surface area contributed by atoms with Gasteiger partial charge in [0.05, 0.1) is 13.7 Å². The number of ketones is 1. The third-order valence-electron chi connectivity index (χ3n) is 6.95. The van der Waals surface area contributed by atoms with Crippen molar-refractivity contribution in [2.75, 3.05) is 33.3 Å². The van der Waals surface area contributed by atoms with Gasteiger partial charge < -0.3 is 19.6 Å². The number of ether oxygens (including phenoxy) is 1. The van der Waals surface area contributed by atoms with E-state index in [4.69, 9.17) is 4.74 Å². The van der Waals surface area contributed by atoms with E-state index >= 15 is 0 Å². The van der Waals surface area contributed by atoms with E-state index in [0.29, 0.717) is 30.8 Å². The Labute approximate surface area is 217 Å². The monoisotopic (exact) mass is 504 g/mol. The lowest BCUT2D eigenvalue weighted by Crippen LogP contribution is -2.42. The number of nitrogens with zero attached hydrogens (tertiary/aromatic N) is 2. The average Bonchev–Trinajstić information content (AvgIpc) is 2.95. The van der Waals surface area contributed by atoms with Crippen molar-refractivity contribution >= 4 is 11.7 Å². The van der Waals surface area contributed by atoms with Crippen LogP contribution in [-0.2, 0) is 13.2 Å². The van der Waals surface area contributed by atoms with Gasteiger partial charge in [0.25, 0.3) is 5.91 Å². The van der Waals surface area contributed by atoms with Crippen LogP contribution in [0.5, 0.6) is 5.75 Å². The SMILES string of the molecule is COc1cccc(CN(CCN2CCC(C(=O)c3ccc(F)cc3)CC2)C(=O)c2ccc(CO)cc2)c1. The Bertz CT molecular complexity index is 1190. The first kappa shape index (κ1) is 26.5. The summed E-state index contributed by atoms with van der Waals surface area (Å²) in [5.74, 6) is 0.324. The highest BCUT2D eigenvalue weighted by molar-refractivity contribution is 5.97. The molecule has 4 rings (SSSR count). The summed E-state index contributed by atoms with van der Waals surface area (Å²) in [4.78, 5) is 30.4. The van der Waals surface area contributed by atoms with E-state index in [1.165, 1.54) is 12.1 Å². The van der Waals surface area contributed by atoms with Crippen molar-refractivity contribution in [3.8, 4) is 5.75 Å². The molecule has 1 aliphatic heterocycles. The van der Waals surface area contributed by atoms with Crippen molar-refractivity contribution in [1.82, 2.24) is 9.80 Å². The van der Waals surface area contributed by atoms with Gasteiger partial charge in [-0.3, -0.25) is 9.59 Å². The number of halogens is 1. The Hall–Kier alpha value is -3.55. The maximum absolute atomic E-state index is 13.4. The molecular weight excluding hydrogens is 471 g/mol. The summed E-state index contributed by atoms with van der Waals surface area (Å²) >= 11 is 0. The maximum Gasteiger partial charge on any atom is 0.254 e. The number of amides is 1. The lowest BCUT2D eigenvalue weighted by Gasteiger charge is -2.33. The van der Waals surface area contributed by atoms with Gasteiger partial charge >= 0.3 is 0 Å². The zero-order valence-electron chi connectivity index (χ0n) is 21.1. The molecule has 0 aliphatic carbocycles. The van der Waals surface area contributed by atoms with E-state index in [1.807, 2.05) is 29.2 Å². The van der Waals surface area contributed by atoms with Crippen molar-refractivity contribution < 1.29 is 23.8 Å². The molecule has 1 N–H and O–H groups in total.